The lowest BCUT2D eigenvalue weighted by Crippen LogP contribution is -2.37. The maximum absolute atomic E-state index is 11.5. The second-order valence-corrected chi connectivity index (χ2v) is 5.32. The summed E-state index contributed by atoms with van der Waals surface area (Å²) in [5.41, 5.74) is 0.885. The third kappa shape index (κ3) is 3.26. The Kier molecular flexibility index (Phi) is 3.78. The molecule has 0 amide bonds. The molecule has 1 aromatic heterocycles. The Bertz CT molecular complexity index is 403. The minimum Gasteiger partial charge on any atom is -0.265 e. The first-order chi connectivity index (χ1) is 6.93. The summed E-state index contributed by atoms with van der Waals surface area (Å²) in [4.78, 5) is 3.87. The number of nitrogens with zero attached hydrogens (tertiary/aromatic N) is 2. The van der Waals surface area contributed by atoms with Crippen molar-refractivity contribution in [2.45, 2.75) is 13.0 Å². The summed E-state index contributed by atoms with van der Waals surface area (Å²) < 4.78 is 26.7. The summed E-state index contributed by atoms with van der Waals surface area (Å²) in [7, 11) is -0.407. The summed E-state index contributed by atoms with van der Waals surface area (Å²) in [6, 6.07) is 3.30. The molecule has 1 aromatic rings. The summed E-state index contributed by atoms with van der Waals surface area (Å²) in [6.07, 6.45) is 3.27. The van der Waals surface area contributed by atoms with Crippen molar-refractivity contribution in [2.75, 3.05) is 14.1 Å². The number of hydrogen-bond acceptors (Lipinski definition) is 3. The minimum absolute atomic E-state index is 0.264. The van der Waals surface area contributed by atoms with Gasteiger partial charge in [-0.15, -0.1) is 0 Å². The van der Waals surface area contributed by atoms with Gasteiger partial charge in [0.15, 0.2) is 0 Å². The Hall–Kier alpha value is -0.980. The Morgan fingerprint density at radius 2 is 1.87 bits per heavy atom. The van der Waals surface area contributed by atoms with Crippen LogP contribution in [0.3, 0.4) is 0 Å². The van der Waals surface area contributed by atoms with Crippen molar-refractivity contribution >= 4 is 10.2 Å². The van der Waals surface area contributed by atoms with Crippen molar-refractivity contribution in [3.63, 3.8) is 0 Å². The van der Waals surface area contributed by atoms with Crippen LogP contribution >= 0.6 is 0 Å². The van der Waals surface area contributed by atoms with E-state index in [1.54, 1.807) is 31.5 Å². The van der Waals surface area contributed by atoms with Crippen LogP contribution in [0.1, 0.15) is 18.5 Å². The number of hydrogen-bond donors (Lipinski definition) is 1. The van der Waals surface area contributed by atoms with Crippen molar-refractivity contribution in [3.8, 4) is 0 Å². The molecule has 5 nitrogen and oxygen atoms in total. The van der Waals surface area contributed by atoms with Gasteiger partial charge < -0.3 is 0 Å². The molecule has 1 rings (SSSR count). The molecule has 0 aliphatic carbocycles. The number of rotatable bonds is 4. The highest BCUT2D eigenvalue weighted by Crippen LogP contribution is 2.11. The van der Waals surface area contributed by atoms with E-state index in [0.717, 1.165) is 9.87 Å². The number of nitrogens with one attached hydrogen (secondary N) is 1. The summed E-state index contributed by atoms with van der Waals surface area (Å²) in [5, 5.41) is 0. The quantitative estimate of drug-likeness (QED) is 0.819. The lowest BCUT2D eigenvalue weighted by Gasteiger charge is -2.17. The molecule has 1 heterocycles. The highest BCUT2D eigenvalue weighted by atomic mass is 32.2. The van der Waals surface area contributed by atoms with E-state index in [9.17, 15) is 8.42 Å². The molecule has 0 saturated heterocycles. The second kappa shape index (κ2) is 4.69. The molecule has 0 aromatic carbocycles. The summed E-state index contributed by atoms with van der Waals surface area (Å²) in [5.74, 6) is 0. The zero-order chi connectivity index (χ0) is 11.5. The normalized spacial score (nSPS) is 14.1. The smallest absolute Gasteiger partial charge is 0.265 e. The molecule has 0 aliphatic heterocycles. The molecular weight excluding hydrogens is 214 g/mol. The van der Waals surface area contributed by atoms with Crippen LogP contribution in [-0.4, -0.2) is 31.8 Å². The Morgan fingerprint density at radius 3 is 2.33 bits per heavy atom. The van der Waals surface area contributed by atoms with E-state index >= 15 is 0 Å². The molecule has 0 fully saturated rings. The van der Waals surface area contributed by atoms with Crippen LogP contribution in [0.4, 0.5) is 0 Å². The first-order valence-corrected chi connectivity index (χ1v) is 5.97. The Labute approximate surface area is 90.3 Å². The molecule has 0 saturated carbocycles. The van der Waals surface area contributed by atoms with Gasteiger partial charge in [-0.3, -0.25) is 4.98 Å². The van der Waals surface area contributed by atoms with Gasteiger partial charge in [-0.1, -0.05) is 0 Å². The zero-order valence-electron chi connectivity index (χ0n) is 9.01. The van der Waals surface area contributed by atoms with Gasteiger partial charge in [-0.05, 0) is 24.6 Å². The van der Waals surface area contributed by atoms with Crippen LogP contribution in [0.15, 0.2) is 24.5 Å². The van der Waals surface area contributed by atoms with Crippen molar-refractivity contribution in [1.82, 2.24) is 14.0 Å². The second-order valence-electron chi connectivity index (χ2n) is 3.41. The van der Waals surface area contributed by atoms with Gasteiger partial charge in [0.2, 0.25) is 0 Å². The largest absolute Gasteiger partial charge is 0.279 e. The van der Waals surface area contributed by atoms with E-state index in [2.05, 4.69) is 9.71 Å². The molecule has 15 heavy (non-hydrogen) atoms. The molecule has 0 bridgehead atoms. The molecule has 84 valence electrons. The highest BCUT2D eigenvalue weighted by Gasteiger charge is 2.17. The van der Waals surface area contributed by atoms with Crippen molar-refractivity contribution in [1.29, 1.82) is 0 Å². The molecule has 0 spiro atoms. The van der Waals surface area contributed by atoms with Crippen molar-refractivity contribution in [2.24, 2.45) is 0 Å². The van der Waals surface area contributed by atoms with Crippen molar-refractivity contribution < 1.29 is 8.42 Å². The maximum atomic E-state index is 11.5. The maximum Gasteiger partial charge on any atom is 0.279 e. The third-order valence-corrected chi connectivity index (χ3v) is 3.63. The summed E-state index contributed by atoms with van der Waals surface area (Å²) in [6.45, 7) is 1.79. The van der Waals surface area contributed by atoms with Gasteiger partial charge in [0.25, 0.3) is 10.2 Å². The fourth-order valence-corrected chi connectivity index (χ4v) is 1.84. The van der Waals surface area contributed by atoms with Gasteiger partial charge in [-0.2, -0.15) is 17.4 Å². The lowest BCUT2D eigenvalue weighted by molar-refractivity contribution is 0.494. The Balaban J connectivity index is 2.77. The lowest BCUT2D eigenvalue weighted by atomic mass is 10.1. The molecule has 0 radical (unpaired) electrons. The predicted molar refractivity (Wildman–Crippen MR) is 58.4 cm³/mol. The van der Waals surface area contributed by atoms with Gasteiger partial charge in [0.05, 0.1) is 0 Å². The van der Waals surface area contributed by atoms with Gasteiger partial charge in [0, 0.05) is 32.5 Å². The van der Waals surface area contributed by atoms with E-state index in [0.29, 0.717) is 0 Å². The van der Waals surface area contributed by atoms with Crippen LogP contribution < -0.4 is 4.72 Å². The number of aromatic nitrogens is 1. The fourth-order valence-electron chi connectivity index (χ4n) is 1.05. The monoisotopic (exact) mass is 229 g/mol. The van der Waals surface area contributed by atoms with Crippen LogP contribution in [-0.2, 0) is 10.2 Å². The molecular formula is C9H15N3O2S. The van der Waals surface area contributed by atoms with Crippen LogP contribution in [0, 0.1) is 0 Å². The molecule has 6 heteroatoms. The molecule has 1 atom stereocenters. The average molecular weight is 229 g/mol. The summed E-state index contributed by atoms with van der Waals surface area (Å²) >= 11 is 0. The standard InChI is InChI=1S/C9H15N3O2S/c1-8(9-4-6-10-7-5-9)11-15(13,14)12(2)3/h4-8,11H,1-3H3. The van der Waals surface area contributed by atoms with E-state index in [4.69, 9.17) is 0 Å². The van der Waals surface area contributed by atoms with Gasteiger partial charge >= 0.3 is 0 Å². The van der Waals surface area contributed by atoms with Crippen LogP contribution in [0.5, 0.6) is 0 Å². The first kappa shape index (κ1) is 12.1. The molecule has 0 aliphatic rings. The minimum atomic E-state index is -3.38. The molecule has 1 N–H and O–H groups in total. The van der Waals surface area contributed by atoms with Crippen LogP contribution in [0.2, 0.25) is 0 Å². The third-order valence-electron chi connectivity index (χ3n) is 2.01. The average Bonchev–Trinajstić information content (AvgIpc) is 2.18. The van der Waals surface area contributed by atoms with Gasteiger partial charge in [-0.25, -0.2) is 0 Å². The van der Waals surface area contributed by atoms with E-state index in [-0.39, 0.29) is 6.04 Å². The highest BCUT2D eigenvalue weighted by molar-refractivity contribution is 7.87. The van der Waals surface area contributed by atoms with E-state index in [1.807, 2.05) is 0 Å². The van der Waals surface area contributed by atoms with E-state index in [1.165, 1.54) is 14.1 Å². The first-order valence-electron chi connectivity index (χ1n) is 4.53. The number of pyridine rings is 1. The Morgan fingerprint density at radius 1 is 1.33 bits per heavy atom. The topological polar surface area (TPSA) is 62.3 Å². The fraction of sp³-hybridized carbons (Fsp3) is 0.444. The zero-order valence-corrected chi connectivity index (χ0v) is 9.82. The van der Waals surface area contributed by atoms with Crippen LogP contribution in [0.25, 0.3) is 0 Å². The van der Waals surface area contributed by atoms with E-state index < -0.39 is 10.2 Å². The predicted octanol–water partition coefficient (Wildman–Crippen LogP) is 0.539. The SMILES string of the molecule is CC(NS(=O)(=O)N(C)C)c1ccncc1. The van der Waals surface area contributed by atoms with Gasteiger partial charge in [0.1, 0.15) is 0 Å². The molecule has 1 unspecified atom stereocenters. The van der Waals surface area contributed by atoms with Crippen molar-refractivity contribution in [3.05, 3.63) is 30.1 Å².